The van der Waals surface area contributed by atoms with Crippen LogP contribution in [-0.2, 0) is 18.1 Å². The van der Waals surface area contributed by atoms with Crippen LogP contribution in [0.25, 0.3) is 0 Å². The van der Waals surface area contributed by atoms with Crippen LogP contribution in [0.4, 0.5) is 48.3 Å². The van der Waals surface area contributed by atoms with Crippen molar-refractivity contribution in [1.82, 2.24) is 5.32 Å². The van der Waals surface area contributed by atoms with E-state index in [2.05, 4.69) is 0 Å². The van der Waals surface area contributed by atoms with E-state index >= 15 is 0 Å². The molecule has 17 heteroatoms. The maximum atomic E-state index is 13.8. The van der Waals surface area contributed by atoms with E-state index in [9.17, 15) is 53.1 Å². The zero-order valence-electron chi connectivity index (χ0n) is 15.6. The molecule has 0 saturated heterocycles. The first-order valence-corrected chi connectivity index (χ1v) is 9.69. The van der Waals surface area contributed by atoms with Crippen molar-refractivity contribution in [2.45, 2.75) is 42.1 Å². The third-order valence-electron chi connectivity index (χ3n) is 4.09. The molecule has 0 aromatic heterocycles. The number of nitrogens with one attached hydrogen (secondary N) is 1. The molecule has 1 atom stereocenters. The Hall–Kier alpha value is -1.20. The number of rotatable bonds is 12. The predicted octanol–water partition coefficient (Wildman–Crippen LogP) is 3.52. The number of carbonyl (C=O) groups excluding carboxylic acids is 1. The maximum Gasteiger partial charge on any atom is 0.500 e. The lowest BCUT2D eigenvalue weighted by Gasteiger charge is -2.40. The molecule has 0 aliphatic rings. The largest absolute Gasteiger partial charge is 0.500 e. The Labute approximate surface area is 164 Å². The van der Waals surface area contributed by atoms with Crippen LogP contribution >= 0.6 is 0 Å². The predicted molar refractivity (Wildman–Crippen MR) is 79.9 cm³/mol. The summed E-state index contributed by atoms with van der Waals surface area (Å²) in [6, 6.07) is -0.164. The summed E-state index contributed by atoms with van der Waals surface area (Å²) in [4.78, 5) is 11.3. The van der Waals surface area contributed by atoms with Gasteiger partial charge in [0.1, 0.15) is 6.67 Å². The molecule has 0 bridgehead atoms. The van der Waals surface area contributed by atoms with Gasteiger partial charge in [0.2, 0.25) is 0 Å². The van der Waals surface area contributed by atoms with Crippen LogP contribution in [0.1, 0.15) is 6.42 Å². The van der Waals surface area contributed by atoms with Gasteiger partial charge in [0.05, 0.1) is 0 Å². The summed E-state index contributed by atoms with van der Waals surface area (Å²) in [5, 5.41) is 1.13. The Morgan fingerprint density at radius 2 is 1.27 bits per heavy atom. The lowest BCUT2D eigenvalue weighted by atomic mass is 9.86. The summed E-state index contributed by atoms with van der Waals surface area (Å²) in [6.45, 7) is -4.72. The topological polar surface area (TPSA) is 56.8 Å². The van der Waals surface area contributed by atoms with Crippen molar-refractivity contribution >= 4 is 14.7 Å². The van der Waals surface area contributed by atoms with E-state index in [1.165, 1.54) is 0 Å². The summed E-state index contributed by atoms with van der Waals surface area (Å²) in [7, 11) is 0.199. The van der Waals surface area contributed by atoms with Crippen molar-refractivity contribution in [3.8, 4) is 0 Å². The molecule has 0 aromatic rings. The Kier molecular flexibility index (Phi) is 9.14. The summed E-state index contributed by atoms with van der Waals surface area (Å²) >= 11 is 0. The lowest BCUT2D eigenvalue weighted by Crippen LogP contribution is -2.72. The van der Waals surface area contributed by atoms with Gasteiger partial charge in [-0.15, -0.1) is 0 Å². The second kappa shape index (κ2) is 9.52. The molecule has 5 nitrogen and oxygen atoms in total. The van der Waals surface area contributed by atoms with Crippen molar-refractivity contribution in [2.75, 3.05) is 34.5 Å². The molecule has 0 spiro atoms. The molecule has 30 heavy (non-hydrogen) atoms. The highest BCUT2D eigenvalue weighted by atomic mass is 28.4. The first-order valence-electron chi connectivity index (χ1n) is 7.76. The molecular weight excluding hydrogens is 471 g/mol. The van der Waals surface area contributed by atoms with E-state index in [0.29, 0.717) is 0 Å². The third-order valence-corrected chi connectivity index (χ3v) is 6.93. The fraction of sp³-hybridized carbons (Fsp3) is 0.923. The van der Waals surface area contributed by atoms with Gasteiger partial charge in [-0.3, -0.25) is 4.79 Å². The zero-order valence-corrected chi connectivity index (χ0v) is 16.6. The van der Waals surface area contributed by atoms with Crippen LogP contribution in [0, 0.1) is 0 Å². The second-order valence-corrected chi connectivity index (χ2v) is 8.90. The second-order valence-electron chi connectivity index (χ2n) is 5.81. The van der Waals surface area contributed by atoms with Crippen LogP contribution in [0.3, 0.4) is 0 Å². The molecule has 0 heterocycles. The zero-order chi connectivity index (χ0) is 24.2. The highest BCUT2D eigenvalue weighted by Gasteiger charge is 2.87. The molecule has 0 radical (unpaired) electrons. The van der Waals surface area contributed by atoms with Crippen molar-refractivity contribution in [2.24, 2.45) is 0 Å². The minimum absolute atomic E-state index is 0.164. The smallest absolute Gasteiger partial charge is 0.377 e. The van der Waals surface area contributed by atoms with Gasteiger partial charge in [0.15, 0.2) is 0 Å². The average molecular weight is 489 g/mol. The monoisotopic (exact) mass is 489 g/mol. The minimum Gasteiger partial charge on any atom is -0.377 e. The molecule has 1 unspecified atom stereocenters. The van der Waals surface area contributed by atoms with Crippen molar-refractivity contribution < 1.29 is 66.4 Å². The fourth-order valence-corrected chi connectivity index (χ4v) is 3.88. The van der Waals surface area contributed by atoms with Gasteiger partial charge in [-0.25, -0.2) is 8.78 Å². The van der Waals surface area contributed by atoms with Gasteiger partial charge in [-0.05, 0) is 6.42 Å². The molecule has 0 rings (SSSR count). The quantitative estimate of drug-likeness (QED) is 0.259. The van der Waals surface area contributed by atoms with Gasteiger partial charge in [0, 0.05) is 33.9 Å². The number of hydrogen-bond acceptors (Lipinski definition) is 4. The van der Waals surface area contributed by atoms with Crippen LogP contribution in [0.15, 0.2) is 0 Å². The van der Waals surface area contributed by atoms with Gasteiger partial charge >= 0.3 is 32.7 Å². The SMILES string of the molecule is CO[Si](CCCNC(=O)C(F)(F)C(F)(F)C(F)(CF)C(F)(F)C(F)(F)F)(OC)OC. The van der Waals surface area contributed by atoms with Gasteiger partial charge in [-0.2, -0.15) is 39.5 Å². The van der Waals surface area contributed by atoms with Crippen LogP contribution in [-0.4, -0.2) is 78.9 Å². The van der Waals surface area contributed by atoms with Gasteiger partial charge < -0.3 is 18.6 Å². The average Bonchev–Trinajstić information content (AvgIpc) is 2.66. The molecule has 1 N–H and O–H groups in total. The standard InChI is InChI=1S/C13H18F11NO4Si/c1-27-30(28-2,29-3)6-4-5-25-8(26)10(16,17)11(18,19)9(15,7-14)12(20,21)13(22,23)24/h4-7H2,1-3H3,(H,25,26). The molecule has 0 aromatic carbocycles. The Morgan fingerprint density at radius 1 is 0.833 bits per heavy atom. The van der Waals surface area contributed by atoms with Crippen LogP contribution in [0.2, 0.25) is 6.04 Å². The first kappa shape index (κ1) is 28.8. The Balaban J connectivity index is 5.55. The van der Waals surface area contributed by atoms with Crippen molar-refractivity contribution in [1.29, 1.82) is 0 Å². The highest BCUT2D eigenvalue weighted by molar-refractivity contribution is 6.60. The molecule has 1 amide bonds. The normalized spacial score (nSPS) is 16.3. The van der Waals surface area contributed by atoms with E-state index in [-0.39, 0.29) is 12.5 Å². The Bertz CT molecular complexity index is 578. The highest BCUT2D eigenvalue weighted by Crippen LogP contribution is 2.56. The molecule has 0 aliphatic carbocycles. The summed E-state index contributed by atoms with van der Waals surface area (Å²) in [6.07, 6.45) is -7.48. The summed E-state index contributed by atoms with van der Waals surface area (Å²) in [5.74, 6) is -23.9. The number of alkyl halides is 11. The fourth-order valence-electron chi connectivity index (χ4n) is 2.16. The van der Waals surface area contributed by atoms with E-state index in [1.807, 2.05) is 0 Å². The van der Waals surface area contributed by atoms with E-state index in [1.54, 1.807) is 0 Å². The molecule has 180 valence electrons. The van der Waals surface area contributed by atoms with E-state index in [4.69, 9.17) is 13.3 Å². The number of amides is 1. The molecule has 0 fully saturated rings. The van der Waals surface area contributed by atoms with E-state index < -0.39 is 57.5 Å². The number of carbonyl (C=O) groups is 1. The lowest BCUT2D eigenvalue weighted by molar-refractivity contribution is -0.384. The molecule has 0 saturated carbocycles. The van der Waals surface area contributed by atoms with Crippen molar-refractivity contribution in [3.05, 3.63) is 0 Å². The number of hydrogen-bond donors (Lipinski definition) is 1. The van der Waals surface area contributed by atoms with Gasteiger partial charge in [0.25, 0.3) is 11.6 Å². The van der Waals surface area contributed by atoms with Crippen LogP contribution < -0.4 is 5.32 Å². The maximum absolute atomic E-state index is 13.8. The Morgan fingerprint density at radius 3 is 1.60 bits per heavy atom. The molecule has 0 aliphatic heterocycles. The summed E-state index contributed by atoms with van der Waals surface area (Å²) < 4.78 is 159. The van der Waals surface area contributed by atoms with Crippen LogP contribution in [0.5, 0.6) is 0 Å². The third kappa shape index (κ3) is 4.82. The van der Waals surface area contributed by atoms with E-state index in [0.717, 1.165) is 26.6 Å². The molecular formula is C13H18F11NO4Si. The minimum atomic E-state index is -7.25. The number of halogens is 11. The van der Waals surface area contributed by atoms with Gasteiger partial charge in [-0.1, -0.05) is 0 Å². The first-order chi connectivity index (χ1) is 13.4. The summed E-state index contributed by atoms with van der Waals surface area (Å²) in [5.41, 5.74) is -6.76. The van der Waals surface area contributed by atoms with Crippen molar-refractivity contribution in [3.63, 3.8) is 0 Å².